The molecule has 3 nitrogen and oxygen atoms in total. The second-order valence-corrected chi connectivity index (χ2v) is 4.87. The number of ether oxygens (including phenoxy) is 1. The van der Waals surface area contributed by atoms with Gasteiger partial charge in [0.1, 0.15) is 5.75 Å². The van der Waals surface area contributed by atoms with E-state index in [1.54, 1.807) is 7.11 Å². The second kappa shape index (κ2) is 6.01. The van der Waals surface area contributed by atoms with E-state index in [9.17, 15) is 4.79 Å². The number of benzene rings is 1. The monoisotopic (exact) mass is 249 g/mol. The number of hydrogen-bond acceptors (Lipinski definition) is 3. The summed E-state index contributed by atoms with van der Waals surface area (Å²) in [6, 6.07) is 1.93. The minimum absolute atomic E-state index is 0.0269. The van der Waals surface area contributed by atoms with Gasteiger partial charge in [0.25, 0.3) is 0 Å². The fraction of sp³-hybridized carbons (Fsp3) is 0.533. The number of Topliss-reactive ketones (excluding diaryl/α,β-unsaturated/α-hetero) is 1. The van der Waals surface area contributed by atoms with Crippen molar-refractivity contribution < 1.29 is 9.53 Å². The molecular weight excluding hydrogens is 226 g/mol. The highest BCUT2D eigenvalue weighted by molar-refractivity contribution is 5.99. The summed E-state index contributed by atoms with van der Waals surface area (Å²) in [6.45, 7) is 8.41. The van der Waals surface area contributed by atoms with Gasteiger partial charge in [0.05, 0.1) is 7.11 Å². The van der Waals surface area contributed by atoms with Crippen molar-refractivity contribution in [1.29, 1.82) is 0 Å². The number of rotatable bonds is 5. The van der Waals surface area contributed by atoms with Gasteiger partial charge >= 0.3 is 0 Å². The van der Waals surface area contributed by atoms with E-state index < -0.39 is 0 Å². The quantitative estimate of drug-likeness (QED) is 0.816. The average molecular weight is 249 g/mol. The van der Waals surface area contributed by atoms with E-state index >= 15 is 0 Å². The Bertz CT molecular complexity index is 452. The highest BCUT2D eigenvalue weighted by Gasteiger charge is 2.20. The van der Waals surface area contributed by atoms with E-state index in [0.29, 0.717) is 6.54 Å². The summed E-state index contributed by atoms with van der Waals surface area (Å²) < 4.78 is 5.37. The van der Waals surface area contributed by atoms with Crippen LogP contribution in [0.25, 0.3) is 0 Å². The van der Waals surface area contributed by atoms with Crippen LogP contribution < -0.4 is 10.5 Å². The molecule has 18 heavy (non-hydrogen) atoms. The first-order chi connectivity index (χ1) is 8.43. The summed E-state index contributed by atoms with van der Waals surface area (Å²) >= 11 is 0. The maximum Gasteiger partial charge on any atom is 0.166 e. The molecule has 0 heterocycles. The Labute approximate surface area is 109 Å². The average Bonchev–Trinajstić information content (AvgIpc) is 2.34. The van der Waals surface area contributed by atoms with E-state index in [2.05, 4.69) is 0 Å². The Morgan fingerprint density at radius 3 is 2.44 bits per heavy atom. The third-order valence-electron chi connectivity index (χ3n) is 3.54. The lowest BCUT2D eigenvalue weighted by Crippen LogP contribution is -2.17. The molecule has 1 aromatic rings. The third-order valence-corrected chi connectivity index (χ3v) is 3.54. The molecule has 1 atom stereocenters. The predicted octanol–water partition coefficient (Wildman–Crippen LogP) is 2.79. The smallest absolute Gasteiger partial charge is 0.166 e. The van der Waals surface area contributed by atoms with Crippen LogP contribution in [0.2, 0.25) is 0 Å². The number of hydrogen-bond donors (Lipinski definition) is 1. The molecule has 0 spiro atoms. The van der Waals surface area contributed by atoms with E-state index in [0.717, 1.165) is 34.4 Å². The van der Waals surface area contributed by atoms with Crippen LogP contribution in [0.5, 0.6) is 5.75 Å². The lowest BCUT2D eigenvalue weighted by atomic mass is 9.90. The van der Waals surface area contributed by atoms with Crippen LogP contribution in [0.4, 0.5) is 0 Å². The SMILES string of the molecule is COc1c(C)cc(C(=O)C(C)CCN)c(C)c1C. The third kappa shape index (κ3) is 2.72. The predicted molar refractivity (Wildman–Crippen MR) is 74.4 cm³/mol. The molecule has 0 aromatic heterocycles. The molecule has 0 aliphatic carbocycles. The number of aryl methyl sites for hydroxylation is 1. The van der Waals surface area contributed by atoms with Crippen molar-refractivity contribution in [2.45, 2.75) is 34.1 Å². The number of carbonyl (C=O) groups is 1. The van der Waals surface area contributed by atoms with Gasteiger partial charge in [-0.05, 0) is 56.5 Å². The van der Waals surface area contributed by atoms with Gasteiger partial charge in [-0.15, -0.1) is 0 Å². The first-order valence-corrected chi connectivity index (χ1v) is 6.33. The zero-order valence-electron chi connectivity index (χ0n) is 12.0. The van der Waals surface area contributed by atoms with E-state index in [-0.39, 0.29) is 11.7 Å². The summed E-state index contributed by atoms with van der Waals surface area (Å²) in [5.74, 6) is 1.02. The lowest BCUT2D eigenvalue weighted by molar-refractivity contribution is 0.0924. The van der Waals surface area contributed by atoms with Crippen LogP contribution >= 0.6 is 0 Å². The fourth-order valence-electron chi connectivity index (χ4n) is 2.27. The van der Waals surface area contributed by atoms with Crippen molar-refractivity contribution in [3.63, 3.8) is 0 Å². The minimum Gasteiger partial charge on any atom is -0.496 e. The standard InChI is InChI=1S/C15H23NO2/c1-9(6-7-16)14(17)13-8-10(2)15(18-5)12(4)11(13)3/h8-9H,6-7,16H2,1-5H3. The molecule has 0 bridgehead atoms. The molecule has 1 aromatic carbocycles. The molecular formula is C15H23NO2. The molecule has 2 N–H and O–H groups in total. The number of carbonyl (C=O) groups excluding carboxylic acids is 1. The van der Waals surface area contributed by atoms with Crippen molar-refractivity contribution in [3.05, 3.63) is 28.3 Å². The van der Waals surface area contributed by atoms with Gasteiger partial charge in [0.15, 0.2) is 5.78 Å². The molecule has 100 valence electrons. The van der Waals surface area contributed by atoms with Gasteiger partial charge < -0.3 is 10.5 Å². The van der Waals surface area contributed by atoms with Gasteiger partial charge in [-0.3, -0.25) is 4.79 Å². The lowest BCUT2D eigenvalue weighted by Gasteiger charge is -2.17. The summed E-state index contributed by atoms with van der Waals surface area (Å²) in [6.07, 6.45) is 0.725. The summed E-state index contributed by atoms with van der Waals surface area (Å²) in [4.78, 5) is 12.4. The molecule has 3 heteroatoms. The zero-order chi connectivity index (χ0) is 13.9. The van der Waals surface area contributed by atoms with E-state index in [1.165, 1.54) is 0 Å². The van der Waals surface area contributed by atoms with Crippen LogP contribution in [-0.2, 0) is 0 Å². The van der Waals surface area contributed by atoms with Crippen molar-refractivity contribution in [1.82, 2.24) is 0 Å². The van der Waals surface area contributed by atoms with Gasteiger partial charge in [0, 0.05) is 11.5 Å². The molecule has 0 amide bonds. The summed E-state index contributed by atoms with van der Waals surface area (Å²) in [5.41, 5.74) is 9.37. The van der Waals surface area contributed by atoms with Crippen molar-refractivity contribution in [3.8, 4) is 5.75 Å². The molecule has 0 saturated carbocycles. The largest absolute Gasteiger partial charge is 0.496 e. The van der Waals surface area contributed by atoms with Gasteiger partial charge in [-0.1, -0.05) is 6.92 Å². The Kier molecular flexibility index (Phi) is 4.91. The van der Waals surface area contributed by atoms with Crippen LogP contribution in [0.3, 0.4) is 0 Å². The van der Waals surface area contributed by atoms with E-state index in [1.807, 2.05) is 33.8 Å². The van der Waals surface area contributed by atoms with Crippen LogP contribution in [0.15, 0.2) is 6.07 Å². The van der Waals surface area contributed by atoms with Gasteiger partial charge in [0.2, 0.25) is 0 Å². The van der Waals surface area contributed by atoms with Crippen molar-refractivity contribution >= 4 is 5.78 Å². The maximum absolute atomic E-state index is 12.4. The fourth-order valence-corrected chi connectivity index (χ4v) is 2.27. The Hall–Kier alpha value is -1.35. The van der Waals surface area contributed by atoms with Crippen LogP contribution in [0, 0.1) is 26.7 Å². The topological polar surface area (TPSA) is 52.3 Å². The van der Waals surface area contributed by atoms with Gasteiger partial charge in [-0.2, -0.15) is 0 Å². The molecule has 0 aliphatic heterocycles. The Morgan fingerprint density at radius 2 is 1.94 bits per heavy atom. The molecule has 0 fully saturated rings. The zero-order valence-corrected chi connectivity index (χ0v) is 12.0. The minimum atomic E-state index is -0.0269. The second-order valence-electron chi connectivity index (χ2n) is 4.87. The summed E-state index contributed by atoms with van der Waals surface area (Å²) in [5, 5.41) is 0. The first kappa shape index (κ1) is 14.7. The molecule has 1 rings (SSSR count). The van der Waals surface area contributed by atoms with Crippen LogP contribution in [0.1, 0.15) is 40.4 Å². The van der Waals surface area contributed by atoms with Crippen LogP contribution in [-0.4, -0.2) is 19.4 Å². The van der Waals surface area contributed by atoms with E-state index in [4.69, 9.17) is 10.5 Å². The number of nitrogens with two attached hydrogens (primary N) is 1. The maximum atomic E-state index is 12.4. The van der Waals surface area contributed by atoms with Crippen molar-refractivity contribution in [2.75, 3.05) is 13.7 Å². The van der Waals surface area contributed by atoms with Crippen molar-refractivity contribution in [2.24, 2.45) is 11.7 Å². The molecule has 0 saturated heterocycles. The number of methoxy groups -OCH3 is 1. The molecule has 0 aliphatic rings. The summed E-state index contributed by atoms with van der Waals surface area (Å²) in [7, 11) is 1.66. The highest BCUT2D eigenvalue weighted by Crippen LogP contribution is 2.30. The first-order valence-electron chi connectivity index (χ1n) is 6.33. The molecule has 1 unspecified atom stereocenters. The normalized spacial score (nSPS) is 12.3. The van der Waals surface area contributed by atoms with Gasteiger partial charge in [-0.25, -0.2) is 0 Å². The molecule has 0 radical (unpaired) electrons. The highest BCUT2D eigenvalue weighted by atomic mass is 16.5. The Morgan fingerprint density at radius 1 is 1.33 bits per heavy atom. The Balaban J connectivity index is 3.23. The number of ketones is 1.